The first-order valence-electron chi connectivity index (χ1n) is 9.08. The van der Waals surface area contributed by atoms with Crippen molar-refractivity contribution < 1.29 is 5.11 Å². The molecule has 5 atom stereocenters. The zero-order chi connectivity index (χ0) is 16.4. The maximum Gasteiger partial charge on any atom is 0.0994 e. The Morgan fingerprint density at radius 3 is 2.74 bits per heavy atom. The van der Waals surface area contributed by atoms with Crippen LogP contribution in [0.4, 0.5) is 0 Å². The Morgan fingerprint density at radius 1 is 1.22 bits per heavy atom. The predicted molar refractivity (Wildman–Crippen MR) is 90.9 cm³/mol. The zero-order valence-corrected chi connectivity index (χ0v) is 14.5. The molecule has 0 spiro atoms. The van der Waals surface area contributed by atoms with Gasteiger partial charge in [0.2, 0.25) is 0 Å². The molecule has 4 rings (SSSR count). The smallest absolute Gasteiger partial charge is 0.0994 e. The molecule has 3 aliphatic carbocycles. The summed E-state index contributed by atoms with van der Waals surface area (Å²) in [5, 5.41) is 20.3. The third kappa shape index (κ3) is 1.96. The Kier molecular flexibility index (Phi) is 3.20. The molecule has 23 heavy (non-hydrogen) atoms. The van der Waals surface area contributed by atoms with Crippen LogP contribution < -0.4 is 0 Å². The highest BCUT2D eigenvalue weighted by atomic mass is 16.3. The molecular formula is C21H27NO. The van der Waals surface area contributed by atoms with Gasteiger partial charge < -0.3 is 5.11 Å². The van der Waals surface area contributed by atoms with E-state index in [-0.39, 0.29) is 16.9 Å². The van der Waals surface area contributed by atoms with Crippen molar-refractivity contribution in [3.8, 4) is 6.07 Å². The van der Waals surface area contributed by atoms with Gasteiger partial charge in [-0.15, -0.1) is 0 Å². The van der Waals surface area contributed by atoms with Gasteiger partial charge >= 0.3 is 0 Å². The molecule has 0 bridgehead atoms. The Labute approximate surface area is 139 Å². The average Bonchev–Trinajstić information content (AvgIpc) is 2.73. The highest BCUT2D eigenvalue weighted by Crippen LogP contribution is 2.65. The number of aliphatic hydroxyl groups is 1. The molecule has 3 unspecified atom stereocenters. The van der Waals surface area contributed by atoms with Crippen molar-refractivity contribution in [1.29, 1.82) is 5.26 Å². The maximum atomic E-state index is 10.9. The molecule has 2 saturated carbocycles. The molecule has 2 heteroatoms. The fourth-order valence-electron chi connectivity index (χ4n) is 6.37. The van der Waals surface area contributed by atoms with Crippen LogP contribution in [0.25, 0.3) is 0 Å². The monoisotopic (exact) mass is 309 g/mol. The largest absolute Gasteiger partial charge is 0.392 e. The molecular weight excluding hydrogens is 282 g/mol. The van der Waals surface area contributed by atoms with E-state index >= 15 is 0 Å². The number of benzene rings is 1. The fourth-order valence-corrected chi connectivity index (χ4v) is 6.37. The van der Waals surface area contributed by atoms with Gasteiger partial charge in [-0.1, -0.05) is 32.9 Å². The summed E-state index contributed by atoms with van der Waals surface area (Å²) in [4.78, 5) is 0. The standard InChI is InChI=1S/C21H27NO/c1-20(2)11-18-17-8-7-14-13(12-22)5-4-6-15(14)16(17)9-10-21(18,3)19(20)23/h4-6,16-19,23H,7-11H2,1-3H3/t16?,17?,18?,19-,21-/m0/s1. The van der Waals surface area contributed by atoms with E-state index in [1.54, 1.807) is 0 Å². The summed E-state index contributed by atoms with van der Waals surface area (Å²) in [6.07, 6.45) is 5.43. The molecule has 2 fully saturated rings. The van der Waals surface area contributed by atoms with Crippen molar-refractivity contribution in [1.82, 2.24) is 0 Å². The fraction of sp³-hybridized carbons (Fsp3) is 0.667. The van der Waals surface area contributed by atoms with Gasteiger partial charge in [0, 0.05) is 0 Å². The van der Waals surface area contributed by atoms with E-state index in [0.29, 0.717) is 17.8 Å². The van der Waals surface area contributed by atoms with Gasteiger partial charge in [-0.3, -0.25) is 0 Å². The summed E-state index contributed by atoms with van der Waals surface area (Å²) in [6.45, 7) is 6.80. The van der Waals surface area contributed by atoms with Crippen LogP contribution >= 0.6 is 0 Å². The van der Waals surface area contributed by atoms with E-state index in [1.807, 2.05) is 6.07 Å². The quantitative estimate of drug-likeness (QED) is 0.771. The molecule has 1 aromatic rings. The molecule has 1 N–H and O–H groups in total. The van der Waals surface area contributed by atoms with Crippen LogP contribution in [0.1, 0.15) is 69.1 Å². The van der Waals surface area contributed by atoms with Crippen molar-refractivity contribution in [3.63, 3.8) is 0 Å². The molecule has 122 valence electrons. The normalized spacial score (nSPS) is 40.7. The number of rotatable bonds is 0. The van der Waals surface area contributed by atoms with Crippen molar-refractivity contribution in [2.45, 2.75) is 64.9 Å². The van der Waals surface area contributed by atoms with Gasteiger partial charge in [0.1, 0.15) is 0 Å². The lowest BCUT2D eigenvalue weighted by molar-refractivity contribution is -0.0464. The number of fused-ring (bicyclic) bond motifs is 5. The summed E-state index contributed by atoms with van der Waals surface area (Å²) in [7, 11) is 0. The van der Waals surface area contributed by atoms with E-state index in [9.17, 15) is 10.4 Å². The number of hydrogen-bond acceptors (Lipinski definition) is 2. The van der Waals surface area contributed by atoms with Gasteiger partial charge in [0.05, 0.1) is 17.7 Å². The first kappa shape index (κ1) is 15.2. The highest BCUT2D eigenvalue weighted by molar-refractivity contribution is 5.46. The van der Waals surface area contributed by atoms with Crippen LogP contribution in [0.3, 0.4) is 0 Å². The second kappa shape index (κ2) is 4.84. The average molecular weight is 309 g/mol. The van der Waals surface area contributed by atoms with Crippen molar-refractivity contribution in [2.75, 3.05) is 0 Å². The predicted octanol–water partition coefficient (Wildman–Crippen LogP) is 4.41. The van der Waals surface area contributed by atoms with Gasteiger partial charge in [-0.25, -0.2) is 0 Å². The molecule has 0 heterocycles. The van der Waals surface area contributed by atoms with E-state index in [1.165, 1.54) is 17.5 Å². The van der Waals surface area contributed by atoms with Crippen molar-refractivity contribution >= 4 is 0 Å². The maximum absolute atomic E-state index is 10.9. The molecule has 1 aromatic carbocycles. The third-order valence-electron chi connectivity index (χ3n) is 7.45. The molecule has 0 radical (unpaired) electrons. The molecule has 2 nitrogen and oxygen atoms in total. The second-order valence-electron chi connectivity index (χ2n) is 9.04. The lowest BCUT2D eigenvalue weighted by Gasteiger charge is -2.50. The molecule has 0 aliphatic heterocycles. The first-order chi connectivity index (χ1) is 10.9. The summed E-state index contributed by atoms with van der Waals surface area (Å²) >= 11 is 0. The highest BCUT2D eigenvalue weighted by Gasteiger charge is 2.60. The first-order valence-corrected chi connectivity index (χ1v) is 9.08. The topological polar surface area (TPSA) is 44.0 Å². The van der Waals surface area contributed by atoms with Crippen molar-refractivity contribution in [2.24, 2.45) is 22.7 Å². The van der Waals surface area contributed by atoms with E-state index in [0.717, 1.165) is 31.2 Å². The lowest BCUT2D eigenvalue weighted by Crippen LogP contribution is -2.45. The molecule has 0 amide bonds. The Morgan fingerprint density at radius 2 is 2.00 bits per heavy atom. The van der Waals surface area contributed by atoms with Crippen LogP contribution in [0.2, 0.25) is 0 Å². The summed E-state index contributed by atoms with van der Waals surface area (Å²) in [5.74, 6) is 1.88. The summed E-state index contributed by atoms with van der Waals surface area (Å²) < 4.78 is 0. The minimum absolute atomic E-state index is 0.0308. The Hall–Kier alpha value is -1.33. The Balaban J connectivity index is 1.75. The minimum atomic E-state index is -0.187. The van der Waals surface area contributed by atoms with Crippen molar-refractivity contribution in [3.05, 3.63) is 34.9 Å². The molecule has 0 saturated heterocycles. The van der Waals surface area contributed by atoms with Crippen LogP contribution in [-0.2, 0) is 6.42 Å². The summed E-state index contributed by atoms with van der Waals surface area (Å²) in [6, 6.07) is 8.66. The van der Waals surface area contributed by atoms with E-state index < -0.39 is 0 Å². The molecule has 3 aliphatic rings. The summed E-state index contributed by atoms with van der Waals surface area (Å²) in [5.41, 5.74) is 3.72. The Bertz CT molecular complexity index is 686. The second-order valence-corrected chi connectivity index (χ2v) is 9.04. The van der Waals surface area contributed by atoms with Crippen LogP contribution in [0.5, 0.6) is 0 Å². The van der Waals surface area contributed by atoms with Crippen LogP contribution in [0.15, 0.2) is 18.2 Å². The number of nitrogens with zero attached hydrogens (tertiary/aromatic N) is 1. The molecule has 0 aromatic heterocycles. The van der Waals surface area contributed by atoms with Crippen LogP contribution in [-0.4, -0.2) is 11.2 Å². The van der Waals surface area contributed by atoms with E-state index in [2.05, 4.69) is 39.0 Å². The van der Waals surface area contributed by atoms with Gasteiger partial charge in [0.15, 0.2) is 0 Å². The lowest BCUT2D eigenvalue weighted by atomic mass is 9.55. The minimum Gasteiger partial charge on any atom is -0.392 e. The number of nitriles is 1. The van der Waals surface area contributed by atoms with Gasteiger partial charge in [-0.2, -0.15) is 5.26 Å². The van der Waals surface area contributed by atoms with E-state index in [4.69, 9.17) is 0 Å². The van der Waals surface area contributed by atoms with Gasteiger partial charge in [0.25, 0.3) is 0 Å². The number of aliphatic hydroxyl groups excluding tert-OH is 1. The van der Waals surface area contributed by atoms with Crippen LogP contribution in [0, 0.1) is 34.0 Å². The van der Waals surface area contributed by atoms with Gasteiger partial charge in [-0.05, 0) is 77.9 Å². The zero-order valence-electron chi connectivity index (χ0n) is 14.5. The number of hydrogen-bond donors (Lipinski definition) is 1. The third-order valence-corrected chi connectivity index (χ3v) is 7.45. The SMILES string of the molecule is CC1(C)CC2C3CCc4c(C#N)cccc4C3CC[C@]2(C)[C@H]1O.